The van der Waals surface area contributed by atoms with Crippen LogP contribution in [0.15, 0.2) is 60.7 Å². The van der Waals surface area contributed by atoms with Gasteiger partial charge in [-0.25, -0.2) is 4.39 Å². The van der Waals surface area contributed by atoms with Gasteiger partial charge >= 0.3 is 0 Å². The number of amides is 1. The van der Waals surface area contributed by atoms with Crippen LogP contribution < -0.4 is 10.1 Å². The van der Waals surface area contributed by atoms with Crippen molar-refractivity contribution < 1.29 is 13.9 Å². The van der Waals surface area contributed by atoms with E-state index >= 15 is 0 Å². The minimum absolute atomic E-state index is 0.107. The monoisotopic (exact) mass is 393 g/mol. The fourth-order valence-corrected chi connectivity index (χ4v) is 3.05. The van der Waals surface area contributed by atoms with Crippen LogP contribution >= 0.6 is 0 Å². The Morgan fingerprint density at radius 1 is 1.17 bits per heavy atom. The molecule has 1 unspecified atom stereocenters. The zero-order valence-electron chi connectivity index (χ0n) is 16.7. The molecule has 0 aliphatic heterocycles. The third-order valence-corrected chi connectivity index (χ3v) is 4.73. The highest BCUT2D eigenvalue weighted by atomic mass is 19.1. The summed E-state index contributed by atoms with van der Waals surface area (Å²) in [4.78, 5) is 12.6. The topological polar surface area (TPSA) is 56.2 Å². The third-order valence-electron chi connectivity index (χ3n) is 4.73. The van der Waals surface area contributed by atoms with E-state index < -0.39 is 11.9 Å². The number of hydrogen-bond acceptors (Lipinski definition) is 3. The summed E-state index contributed by atoms with van der Waals surface area (Å²) < 4.78 is 21.3. The number of aromatic nitrogens is 2. The third kappa shape index (κ3) is 5.10. The summed E-state index contributed by atoms with van der Waals surface area (Å²) in [5.41, 5.74) is 3.63. The number of carbonyl (C=O) groups excluding carboxylic acids is 1. The van der Waals surface area contributed by atoms with Gasteiger partial charge in [0.1, 0.15) is 6.61 Å². The first-order chi connectivity index (χ1) is 14.0. The molecule has 1 N–H and O–H groups in total. The summed E-state index contributed by atoms with van der Waals surface area (Å²) in [7, 11) is 1.87. The van der Waals surface area contributed by atoms with E-state index in [-0.39, 0.29) is 18.3 Å². The second-order valence-electron chi connectivity index (χ2n) is 6.75. The summed E-state index contributed by atoms with van der Waals surface area (Å²) in [5, 5.41) is 7.29. The van der Waals surface area contributed by atoms with Gasteiger partial charge in [0.05, 0.1) is 11.7 Å². The summed E-state index contributed by atoms with van der Waals surface area (Å²) >= 11 is 0. The largest absolute Gasteiger partial charge is 0.488 e. The molecular formula is C23H24FN3O2. The van der Waals surface area contributed by atoms with Crippen molar-refractivity contribution in [3.05, 3.63) is 89.0 Å². The molecule has 0 spiro atoms. The molecule has 0 aliphatic carbocycles. The minimum Gasteiger partial charge on any atom is -0.488 e. The zero-order valence-corrected chi connectivity index (χ0v) is 16.7. The van der Waals surface area contributed by atoms with Crippen molar-refractivity contribution in [3.8, 4) is 5.75 Å². The van der Waals surface area contributed by atoms with Crippen LogP contribution in [0.5, 0.6) is 5.75 Å². The van der Waals surface area contributed by atoms with E-state index in [4.69, 9.17) is 4.74 Å². The van der Waals surface area contributed by atoms with Crippen molar-refractivity contribution in [1.29, 1.82) is 0 Å². The van der Waals surface area contributed by atoms with Crippen LogP contribution in [-0.2, 0) is 11.8 Å². The molecule has 0 saturated heterocycles. The number of carbonyl (C=O) groups is 1. The van der Waals surface area contributed by atoms with E-state index in [1.165, 1.54) is 12.1 Å². The number of nitrogens with one attached hydrogen (secondary N) is 1. The molecule has 0 bridgehead atoms. The average Bonchev–Trinajstić information content (AvgIpc) is 2.96. The Hall–Kier alpha value is -3.41. The van der Waals surface area contributed by atoms with Gasteiger partial charge in [0.2, 0.25) is 5.91 Å². The van der Waals surface area contributed by atoms with Crippen LogP contribution in [0.2, 0.25) is 0 Å². The van der Waals surface area contributed by atoms with Gasteiger partial charge in [-0.3, -0.25) is 9.48 Å². The summed E-state index contributed by atoms with van der Waals surface area (Å²) in [6.07, 6.45) is 3.24. The number of halogens is 1. The lowest BCUT2D eigenvalue weighted by Gasteiger charge is -2.19. The Labute approximate surface area is 169 Å². The molecule has 1 aromatic heterocycles. The summed E-state index contributed by atoms with van der Waals surface area (Å²) in [6.45, 7) is 3.96. The number of aryl methyl sites for hydroxylation is 2. The first-order valence-electron chi connectivity index (χ1n) is 9.36. The van der Waals surface area contributed by atoms with E-state index in [2.05, 4.69) is 10.4 Å². The molecule has 0 radical (unpaired) electrons. The second-order valence-corrected chi connectivity index (χ2v) is 6.75. The van der Waals surface area contributed by atoms with Crippen LogP contribution in [0.1, 0.15) is 28.6 Å². The Bertz CT molecular complexity index is 1010. The van der Waals surface area contributed by atoms with Gasteiger partial charge in [-0.2, -0.15) is 5.10 Å². The van der Waals surface area contributed by atoms with Crippen molar-refractivity contribution in [2.45, 2.75) is 19.9 Å². The van der Waals surface area contributed by atoms with E-state index in [9.17, 15) is 9.18 Å². The molecule has 5 nitrogen and oxygen atoms in total. The molecule has 0 aliphatic rings. The maximum absolute atomic E-state index is 13.9. The zero-order chi connectivity index (χ0) is 20.8. The summed E-state index contributed by atoms with van der Waals surface area (Å²) in [6, 6.07) is 15.2. The highest BCUT2D eigenvalue weighted by Gasteiger charge is 2.16. The van der Waals surface area contributed by atoms with Gasteiger partial charge in [-0.15, -0.1) is 0 Å². The molecule has 0 fully saturated rings. The number of nitrogens with zero attached hydrogens (tertiary/aromatic N) is 2. The minimum atomic E-state index is -0.437. The van der Waals surface area contributed by atoms with Crippen molar-refractivity contribution in [2.75, 3.05) is 6.61 Å². The molecule has 29 heavy (non-hydrogen) atoms. The number of benzene rings is 2. The Morgan fingerprint density at radius 2 is 1.86 bits per heavy atom. The van der Waals surface area contributed by atoms with Crippen molar-refractivity contribution in [2.24, 2.45) is 7.05 Å². The van der Waals surface area contributed by atoms with Gasteiger partial charge in [-0.1, -0.05) is 42.5 Å². The summed E-state index contributed by atoms with van der Waals surface area (Å²) in [5.74, 6) is -0.550. The predicted octanol–water partition coefficient (Wildman–Crippen LogP) is 4.13. The SMILES string of the molecule is Cc1nn(C)c(C)c1C=CC(=O)NC(COc1ccccc1F)c1ccccc1. The van der Waals surface area contributed by atoms with E-state index in [0.29, 0.717) is 0 Å². The molecule has 6 heteroatoms. The number of ether oxygens (including phenoxy) is 1. The van der Waals surface area contributed by atoms with Crippen LogP contribution in [-0.4, -0.2) is 22.3 Å². The first-order valence-corrected chi connectivity index (χ1v) is 9.36. The van der Waals surface area contributed by atoms with Gasteiger partial charge in [0.25, 0.3) is 0 Å². The van der Waals surface area contributed by atoms with Crippen molar-refractivity contribution in [1.82, 2.24) is 15.1 Å². The molecule has 1 heterocycles. The average molecular weight is 393 g/mol. The Morgan fingerprint density at radius 3 is 2.52 bits per heavy atom. The van der Waals surface area contributed by atoms with Crippen LogP contribution in [0.25, 0.3) is 6.08 Å². The first kappa shape index (κ1) is 20.3. The predicted molar refractivity (Wildman–Crippen MR) is 111 cm³/mol. The Balaban J connectivity index is 1.73. The Kier molecular flexibility index (Phi) is 6.44. The van der Waals surface area contributed by atoms with Crippen molar-refractivity contribution >= 4 is 12.0 Å². The van der Waals surface area contributed by atoms with Gasteiger partial charge in [0.15, 0.2) is 11.6 Å². The van der Waals surface area contributed by atoms with E-state index in [0.717, 1.165) is 22.5 Å². The quantitative estimate of drug-likeness (QED) is 0.614. The van der Waals surface area contributed by atoms with Gasteiger partial charge in [0, 0.05) is 24.4 Å². The number of rotatable bonds is 7. The lowest BCUT2D eigenvalue weighted by atomic mass is 10.1. The van der Waals surface area contributed by atoms with Crippen molar-refractivity contribution in [3.63, 3.8) is 0 Å². The number of para-hydroxylation sites is 1. The lowest BCUT2D eigenvalue weighted by molar-refractivity contribution is -0.117. The van der Waals surface area contributed by atoms with Crippen LogP contribution in [0.3, 0.4) is 0 Å². The fraction of sp³-hybridized carbons (Fsp3) is 0.217. The normalized spacial score (nSPS) is 12.1. The van der Waals surface area contributed by atoms with Gasteiger partial charge < -0.3 is 10.1 Å². The smallest absolute Gasteiger partial charge is 0.244 e. The van der Waals surface area contributed by atoms with Crippen LogP contribution in [0.4, 0.5) is 4.39 Å². The molecule has 1 amide bonds. The molecule has 3 rings (SSSR count). The maximum atomic E-state index is 13.9. The molecule has 150 valence electrons. The highest BCUT2D eigenvalue weighted by molar-refractivity contribution is 5.92. The highest BCUT2D eigenvalue weighted by Crippen LogP contribution is 2.20. The maximum Gasteiger partial charge on any atom is 0.244 e. The molecule has 0 saturated carbocycles. The molecule has 1 atom stereocenters. The standard InChI is InChI=1S/C23H24FN3O2/c1-16-19(17(2)27(3)26-16)13-14-23(28)25-21(18-9-5-4-6-10-18)15-29-22-12-8-7-11-20(22)24/h4-14,21H,15H2,1-3H3,(H,25,28). The van der Waals surface area contributed by atoms with E-state index in [1.54, 1.807) is 29.0 Å². The lowest BCUT2D eigenvalue weighted by Crippen LogP contribution is -2.31. The number of hydrogen-bond donors (Lipinski definition) is 1. The van der Waals surface area contributed by atoms with Crippen LogP contribution in [0, 0.1) is 19.7 Å². The molecular weight excluding hydrogens is 369 g/mol. The second kappa shape index (κ2) is 9.19. The van der Waals surface area contributed by atoms with E-state index in [1.807, 2.05) is 51.2 Å². The molecule has 3 aromatic rings. The molecule has 2 aromatic carbocycles. The van der Waals surface area contributed by atoms with Gasteiger partial charge in [-0.05, 0) is 37.6 Å². The fourth-order valence-electron chi connectivity index (χ4n) is 3.05.